The largest absolute Gasteiger partial charge is 0.344 e. The van der Waals surface area contributed by atoms with E-state index in [1.807, 2.05) is 45.9 Å². The maximum absolute atomic E-state index is 4.33. The summed E-state index contributed by atoms with van der Waals surface area (Å²) >= 11 is 0. The van der Waals surface area contributed by atoms with Crippen molar-refractivity contribution in [2.45, 2.75) is 69.2 Å². The zero-order valence-electron chi connectivity index (χ0n) is 27.0. The van der Waals surface area contributed by atoms with Crippen molar-refractivity contribution in [2.75, 3.05) is 0 Å². The van der Waals surface area contributed by atoms with Crippen molar-refractivity contribution in [3.63, 3.8) is 0 Å². The van der Waals surface area contributed by atoms with Crippen LogP contribution in [0.4, 0.5) is 0 Å². The topological polar surface area (TPSA) is 4.93 Å². The van der Waals surface area contributed by atoms with E-state index >= 15 is 0 Å². The number of benzene rings is 1. The monoisotopic (exact) mass is 618 g/mol. The molecule has 0 unspecified atom stereocenters. The Kier molecular flexibility index (Phi) is 13.7. The quantitative estimate of drug-likeness (QED) is 0.195. The van der Waals surface area contributed by atoms with E-state index < -0.39 is 0 Å². The average Bonchev–Trinajstić information content (AvgIpc) is 3.33. The molecule has 0 atom stereocenters. The first-order valence-electron chi connectivity index (χ1n) is 14.1. The maximum Gasteiger partial charge on any atom is 0.0534 e. The molecule has 1 heterocycles. The van der Waals surface area contributed by atoms with Gasteiger partial charge in [0.25, 0.3) is 0 Å². The van der Waals surface area contributed by atoms with Crippen LogP contribution < -0.4 is 0 Å². The van der Waals surface area contributed by atoms with Crippen molar-refractivity contribution in [3.8, 4) is 0 Å². The predicted octanol–water partition coefficient (Wildman–Crippen LogP) is 11.5. The van der Waals surface area contributed by atoms with Crippen LogP contribution in [-0.2, 0) is 32.7 Å². The first-order valence-corrected chi connectivity index (χ1v) is 14.1. The Morgan fingerprint density at radius 3 is 2.10 bits per heavy atom. The summed E-state index contributed by atoms with van der Waals surface area (Å²) in [4.78, 5) is 0. The van der Waals surface area contributed by atoms with Gasteiger partial charge in [-0.05, 0) is 56.6 Å². The minimum Gasteiger partial charge on any atom is -0.344 e. The minimum atomic E-state index is -0.0745. The van der Waals surface area contributed by atoms with Crippen LogP contribution in [0.25, 0.3) is 22.7 Å². The minimum absolute atomic E-state index is 0. The molecule has 1 aromatic heterocycles. The molecule has 0 N–H and O–H groups in total. The number of para-hydroxylation sites is 1. The summed E-state index contributed by atoms with van der Waals surface area (Å²) in [5.74, 6) is 0. The van der Waals surface area contributed by atoms with E-state index in [1.54, 1.807) is 0 Å². The fourth-order valence-corrected chi connectivity index (χ4v) is 5.32. The Morgan fingerprint density at radius 1 is 0.951 bits per heavy atom. The van der Waals surface area contributed by atoms with Gasteiger partial charge in [-0.3, -0.25) is 6.08 Å². The molecule has 0 saturated heterocycles. The van der Waals surface area contributed by atoms with Crippen molar-refractivity contribution in [2.24, 2.45) is 5.41 Å². The van der Waals surface area contributed by atoms with E-state index in [0.29, 0.717) is 0 Å². The third kappa shape index (κ3) is 7.19. The average molecular weight is 619 g/mol. The molecule has 0 saturated carbocycles. The first kappa shape index (κ1) is 36.3. The summed E-state index contributed by atoms with van der Waals surface area (Å²) < 4.78 is 2.36. The van der Waals surface area contributed by atoms with Crippen molar-refractivity contribution < 1.29 is 32.7 Å². The third-order valence-electron chi connectivity index (χ3n) is 8.03. The van der Waals surface area contributed by atoms with Gasteiger partial charge >= 0.3 is 0 Å². The second-order valence-electron chi connectivity index (χ2n) is 10.5. The van der Waals surface area contributed by atoms with Gasteiger partial charge in [0.2, 0.25) is 0 Å². The van der Waals surface area contributed by atoms with Crippen molar-refractivity contribution in [3.05, 3.63) is 143 Å². The maximum atomic E-state index is 4.33. The van der Waals surface area contributed by atoms with E-state index in [-0.39, 0.29) is 38.1 Å². The molecule has 2 heteroatoms. The molecule has 0 amide bonds. The molecule has 0 bridgehead atoms. The smallest absolute Gasteiger partial charge is 0.0534 e. The van der Waals surface area contributed by atoms with E-state index in [4.69, 9.17) is 0 Å². The fourth-order valence-electron chi connectivity index (χ4n) is 5.32. The number of fused-ring (bicyclic) bond motifs is 1. The summed E-state index contributed by atoms with van der Waals surface area (Å²) in [5.41, 5.74) is 13.6. The summed E-state index contributed by atoms with van der Waals surface area (Å²) in [6.07, 6.45) is 16.7. The molecule has 2 aromatic rings. The van der Waals surface area contributed by atoms with E-state index in [0.717, 1.165) is 28.0 Å². The molecule has 41 heavy (non-hydrogen) atoms. The molecule has 3 rings (SSSR count). The fraction of sp³-hybridized carbons (Fsp3) is 0.282. The van der Waals surface area contributed by atoms with Crippen LogP contribution in [0.2, 0.25) is 0 Å². The van der Waals surface area contributed by atoms with Crippen molar-refractivity contribution >= 4 is 22.7 Å². The first-order chi connectivity index (χ1) is 18.9. The molecular formula is C39H47NY-2. The Bertz CT molecular complexity index is 1530. The van der Waals surface area contributed by atoms with Gasteiger partial charge in [0, 0.05) is 60.5 Å². The second kappa shape index (κ2) is 15.5. The van der Waals surface area contributed by atoms with Gasteiger partial charge in [0.15, 0.2) is 0 Å². The van der Waals surface area contributed by atoms with Crippen LogP contribution in [0.1, 0.15) is 73.6 Å². The zero-order chi connectivity index (χ0) is 30.4. The number of hydrogen-bond acceptors (Lipinski definition) is 0. The van der Waals surface area contributed by atoms with Crippen LogP contribution in [0.15, 0.2) is 119 Å². The molecule has 0 fully saturated rings. The Morgan fingerprint density at radius 2 is 1.56 bits per heavy atom. The predicted molar refractivity (Wildman–Crippen MR) is 180 cm³/mol. The molecule has 0 aliphatic heterocycles. The van der Waals surface area contributed by atoms with E-state index in [1.165, 1.54) is 44.5 Å². The molecule has 1 aromatic carbocycles. The third-order valence-corrected chi connectivity index (χ3v) is 8.03. The Hall–Kier alpha value is -2.74. The number of aromatic nitrogens is 1. The van der Waals surface area contributed by atoms with Gasteiger partial charge in [-0.15, -0.1) is 26.0 Å². The normalized spacial score (nSPS) is 15.9. The van der Waals surface area contributed by atoms with Gasteiger partial charge in [-0.2, -0.15) is 6.58 Å². The molecule has 213 valence electrons. The Balaban J connectivity index is 0.00000274. The SMILES string of the molecule is C=[C-]/C(=C\C(=C)/C(C)=C/c1c(C)n(/C(C)=C/C2=C(C)C(C)(C)C(C=C)=C2C=C)c2ccccc12)C(C)=[C-]C.CC.[Y]. The number of nitrogens with zero attached hydrogens (tertiary/aromatic N) is 1. The van der Waals surface area contributed by atoms with Gasteiger partial charge in [-0.1, -0.05) is 88.4 Å². The van der Waals surface area contributed by atoms with Gasteiger partial charge in [0.1, 0.15) is 0 Å². The molecule has 1 radical (unpaired) electrons. The van der Waals surface area contributed by atoms with Crippen LogP contribution in [-0.4, -0.2) is 4.57 Å². The Labute approximate surface area is 275 Å². The standard InChI is InChI=1S/C37H41N.C2H6.Y/c1-13-24(5)30(14-2)21-25(6)26(7)22-34-29(10)38(36-20-18-17-19-32(34)36)27(8)23-33-28(9)37(11,12)35(16-4)31(33)15-3;1-2;/h15-23H,2-4,6H2,1,5,7-12H3;1-2H3;/q-2;;/b26-22+,27-23+,30-21+;;. The van der Waals surface area contributed by atoms with Gasteiger partial charge in [0.05, 0.1) is 5.52 Å². The summed E-state index contributed by atoms with van der Waals surface area (Å²) in [7, 11) is 0. The summed E-state index contributed by atoms with van der Waals surface area (Å²) in [6, 6.07) is 8.59. The molecular weight excluding hydrogens is 571 g/mol. The summed E-state index contributed by atoms with van der Waals surface area (Å²) in [5, 5.41) is 1.21. The van der Waals surface area contributed by atoms with Crippen LogP contribution in [0, 0.1) is 24.5 Å². The van der Waals surface area contributed by atoms with Gasteiger partial charge in [-0.25, -0.2) is 6.08 Å². The van der Waals surface area contributed by atoms with Crippen molar-refractivity contribution in [1.82, 2.24) is 4.57 Å². The van der Waals surface area contributed by atoms with Crippen molar-refractivity contribution in [1.29, 1.82) is 0 Å². The van der Waals surface area contributed by atoms with E-state index in [9.17, 15) is 0 Å². The zero-order valence-corrected chi connectivity index (χ0v) is 29.9. The number of allylic oxidation sites excluding steroid dienone is 15. The van der Waals surface area contributed by atoms with Crippen LogP contribution in [0.3, 0.4) is 0 Å². The van der Waals surface area contributed by atoms with E-state index in [2.05, 4.69) is 121 Å². The molecule has 1 nitrogen and oxygen atoms in total. The summed E-state index contributed by atoms with van der Waals surface area (Å²) in [6.45, 7) is 37.5. The van der Waals surface area contributed by atoms with Gasteiger partial charge < -0.3 is 21.8 Å². The molecule has 1 aliphatic carbocycles. The number of hydrogen-bond donors (Lipinski definition) is 0. The van der Waals surface area contributed by atoms with Crippen LogP contribution >= 0.6 is 0 Å². The number of rotatable bonds is 9. The molecule has 1 aliphatic rings. The molecule has 0 spiro atoms. The van der Waals surface area contributed by atoms with Crippen LogP contribution in [0.5, 0.6) is 0 Å². The second-order valence-corrected chi connectivity index (χ2v) is 10.5.